The summed E-state index contributed by atoms with van der Waals surface area (Å²) >= 11 is 0. The molecule has 1 saturated heterocycles. The van der Waals surface area contributed by atoms with E-state index in [4.69, 9.17) is 0 Å². The van der Waals surface area contributed by atoms with Gasteiger partial charge in [-0.3, -0.25) is 19.1 Å². The van der Waals surface area contributed by atoms with Gasteiger partial charge < -0.3 is 14.8 Å². The van der Waals surface area contributed by atoms with Gasteiger partial charge in [0.2, 0.25) is 11.5 Å². The highest BCUT2D eigenvalue weighted by Crippen LogP contribution is 2.38. The fourth-order valence-corrected chi connectivity index (χ4v) is 4.76. The topological polar surface area (TPSA) is 89.2 Å². The molecule has 4 aromatic rings. The normalized spacial score (nSPS) is 17.9. The van der Waals surface area contributed by atoms with E-state index in [9.17, 15) is 23.2 Å². The van der Waals surface area contributed by atoms with Crippen LogP contribution in [0.2, 0.25) is 0 Å². The molecule has 1 aliphatic rings. The van der Waals surface area contributed by atoms with Gasteiger partial charge in [0.25, 0.3) is 5.91 Å². The maximum absolute atomic E-state index is 13.7. The predicted octanol–water partition coefficient (Wildman–Crippen LogP) is 3.40. The van der Waals surface area contributed by atoms with Gasteiger partial charge in [-0.2, -0.15) is 13.9 Å². The lowest BCUT2D eigenvalue weighted by molar-refractivity contribution is -0.143. The third kappa shape index (κ3) is 4.74. The molecule has 0 aliphatic carbocycles. The monoisotopic (exact) mass is 505 g/mol. The highest BCUT2D eigenvalue weighted by atomic mass is 19.3. The number of benzene rings is 2. The number of pyridine rings is 1. The van der Waals surface area contributed by atoms with Crippen LogP contribution in [0.15, 0.2) is 77.9 Å². The Balaban J connectivity index is 1.49. The first-order chi connectivity index (χ1) is 17.6. The average Bonchev–Trinajstić information content (AvgIpc) is 3.41. The Bertz CT molecular complexity index is 1540. The first-order valence-electron chi connectivity index (χ1n) is 11.8. The molecule has 10 heteroatoms. The van der Waals surface area contributed by atoms with E-state index >= 15 is 0 Å². The molecule has 0 spiro atoms. The molecule has 1 N–H and O–H groups in total. The van der Waals surface area contributed by atoms with Gasteiger partial charge >= 0.3 is 5.92 Å². The van der Waals surface area contributed by atoms with Crippen molar-refractivity contribution in [3.8, 4) is 0 Å². The second-order valence-corrected chi connectivity index (χ2v) is 9.32. The molecule has 190 valence electrons. The Morgan fingerprint density at radius 1 is 1.11 bits per heavy atom. The summed E-state index contributed by atoms with van der Waals surface area (Å²) in [6, 6.07) is 16.3. The van der Waals surface area contributed by atoms with Crippen molar-refractivity contribution in [1.29, 1.82) is 0 Å². The minimum absolute atomic E-state index is 0.0980. The van der Waals surface area contributed by atoms with E-state index in [-0.39, 0.29) is 17.9 Å². The Morgan fingerprint density at radius 2 is 1.86 bits per heavy atom. The fraction of sp³-hybridized carbons (Fsp3) is 0.259. The van der Waals surface area contributed by atoms with Gasteiger partial charge in [-0.25, -0.2) is 0 Å². The van der Waals surface area contributed by atoms with Crippen molar-refractivity contribution in [1.82, 2.24) is 19.7 Å². The molecule has 2 amide bonds. The second-order valence-electron chi connectivity index (χ2n) is 9.32. The summed E-state index contributed by atoms with van der Waals surface area (Å²) in [5.74, 6) is -5.25. The maximum Gasteiger partial charge on any atom is 0.321 e. The molecule has 0 radical (unpaired) electrons. The van der Waals surface area contributed by atoms with Gasteiger partial charge in [-0.05, 0) is 29.3 Å². The van der Waals surface area contributed by atoms with E-state index in [1.54, 1.807) is 53.3 Å². The number of alkyl halides is 2. The smallest absolute Gasteiger partial charge is 0.321 e. The van der Waals surface area contributed by atoms with Crippen LogP contribution in [0.5, 0.6) is 0 Å². The van der Waals surface area contributed by atoms with Crippen molar-refractivity contribution in [2.24, 2.45) is 7.05 Å². The number of hydrogen-bond acceptors (Lipinski definition) is 4. The molecule has 3 heterocycles. The third-order valence-corrected chi connectivity index (χ3v) is 6.56. The zero-order chi connectivity index (χ0) is 26.3. The number of aromatic nitrogens is 3. The zero-order valence-electron chi connectivity index (χ0n) is 20.3. The molecule has 2 atom stereocenters. The number of aryl methyl sites for hydroxylation is 1. The molecule has 5 rings (SSSR count). The van der Waals surface area contributed by atoms with Gasteiger partial charge in [0.15, 0.2) is 0 Å². The molecule has 1 fully saturated rings. The van der Waals surface area contributed by atoms with E-state index in [1.165, 1.54) is 10.6 Å². The van der Waals surface area contributed by atoms with Gasteiger partial charge in [0, 0.05) is 43.7 Å². The Labute approximate surface area is 211 Å². The SMILES string of the molecule is Cn1cc(Cn2ncc3cc(N4C(=O)C[C@H](NC(=O)C(C)(F)F)C4c4ccccc4)ccc32)ccc1=O. The minimum atomic E-state index is -3.56. The van der Waals surface area contributed by atoms with E-state index in [1.807, 2.05) is 30.3 Å². The molecular weight excluding hydrogens is 480 g/mol. The van der Waals surface area contributed by atoms with Crippen molar-refractivity contribution in [2.45, 2.75) is 37.9 Å². The van der Waals surface area contributed by atoms with Crippen molar-refractivity contribution in [3.05, 3.63) is 94.5 Å². The van der Waals surface area contributed by atoms with E-state index < -0.39 is 23.9 Å². The molecule has 0 saturated carbocycles. The van der Waals surface area contributed by atoms with Crippen LogP contribution in [0.1, 0.15) is 30.5 Å². The summed E-state index contributed by atoms with van der Waals surface area (Å²) in [7, 11) is 1.69. The second kappa shape index (κ2) is 9.27. The van der Waals surface area contributed by atoms with Crippen molar-refractivity contribution in [3.63, 3.8) is 0 Å². The number of nitrogens with zero attached hydrogens (tertiary/aromatic N) is 4. The zero-order valence-corrected chi connectivity index (χ0v) is 20.3. The average molecular weight is 506 g/mol. The Kier molecular flexibility index (Phi) is 6.10. The summed E-state index contributed by atoms with van der Waals surface area (Å²) in [5, 5.41) is 7.64. The fourth-order valence-electron chi connectivity index (χ4n) is 4.76. The molecule has 0 bridgehead atoms. The van der Waals surface area contributed by atoms with Gasteiger partial charge in [0.05, 0.1) is 30.3 Å². The molecular formula is C27H25F2N5O3. The van der Waals surface area contributed by atoms with Crippen LogP contribution in [-0.4, -0.2) is 38.1 Å². The quantitative estimate of drug-likeness (QED) is 0.435. The van der Waals surface area contributed by atoms with Crippen LogP contribution >= 0.6 is 0 Å². The number of anilines is 1. The molecule has 2 aromatic carbocycles. The van der Waals surface area contributed by atoms with Crippen LogP contribution in [0.3, 0.4) is 0 Å². The largest absolute Gasteiger partial charge is 0.345 e. The van der Waals surface area contributed by atoms with Crippen LogP contribution in [0, 0.1) is 0 Å². The number of amides is 2. The molecule has 8 nitrogen and oxygen atoms in total. The summed E-state index contributed by atoms with van der Waals surface area (Å²) in [6.45, 7) is 0.987. The highest BCUT2D eigenvalue weighted by Gasteiger charge is 2.45. The highest BCUT2D eigenvalue weighted by molar-refractivity contribution is 6.00. The number of carbonyl (C=O) groups excluding carboxylic acids is 2. The maximum atomic E-state index is 13.7. The van der Waals surface area contributed by atoms with Gasteiger partial charge in [-0.1, -0.05) is 36.4 Å². The minimum Gasteiger partial charge on any atom is -0.345 e. The van der Waals surface area contributed by atoms with E-state index in [2.05, 4.69) is 10.4 Å². The summed E-state index contributed by atoms with van der Waals surface area (Å²) in [4.78, 5) is 38.5. The molecule has 2 aromatic heterocycles. The lowest BCUT2D eigenvalue weighted by atomic mass is 9.99. The van der Waals surface area contributed by atoms with Crippen molar-refractivity contribution < 1.29 is 18.4 Å². The third-order valence-electron chi connectivity index (χ3n) is 6.56. The summed E-state index contributed by atoms with van der Waals surface area (Å²) in [6.07, 6.45) is 3.34. The predicted molar refractivity (Wildman–Crippen MR) is 134 cm³/mol. The first-order valence-corrected chi connectivity index (χ1v) is 11.8. The number of carbonyl (C=O) groups is 2. The number of fused-ring (bicyclic) bond motifs is 1. The lowest BCUT2D eigenvalue weighted by Gasteiger charge is -2.29. The van der Waals surface area contributed by atoms with Crippen LogP contribution < -0.4 is 15.8 Å². The lowest BCUT2D eigenvalue weighted by Crippen LogP contribution is -2.46. The van der Waals surface area contributed by atoms with Gasteiger partial charge in [-0.15, -0.1) is 0 Å². The van der Waals surface area contributed by atoms with Gasteiger partial charge in [0.1, 0.15) is 0 Å². The van der Waals surface area contributed by atoms with Crippen molar-refractivity contribution >= 4 is 28.4 Å². The standard InChI is InChI=1S/C27H25F2N5O3/c1-27(28,29)26(37)31-21-13-24(36)34(25(21)18-6-4-3-5-7-18)20-9-10-22-19(12-20)14-30-33(22)16-17-8-11-23(35)32(2)15-17/h3-12,14-15,21,25H,13,16H2,1-2H3,(H,31,37)/t21-,25?/m0/s1. The number of nitrogens with one attached hydrogen (secondary N) is 1. The Morgan fingerprint density at radius 3 is 2.57 bits per heavy atom. The molecule has 1 unspecified atom stereocenters. The Hall–Kier alpha value is -4.34. The number of hydrogen-bond donors (Lipinski definition) is 1. The van der Waals surface area contributed by atoms with Crippen molar-refractivity contribution in [2.75, 3.05) is 4.90 Å². The summed E-state index contributed by atoms with van der Waals surface area (Å²) in [5.41, 5.74) is 2.94. The van der Waals surface area contributed by atoms with Crippen LogP contribution in [-0.2, 0) is 23.2 Å². The number of halogens is 2. The van der Waals surface area contributed by atoms with Crippen LogP contribution in [0.25, 0.3) is 10.9 Å². The van der Waals surface area contributed by atoms with E-state index in [0.717, 1.165) is 22.0 Å². The van der Waals surface area contributed by atoms with Crippen LogP contribution in [0.4, 0.5) is 14.5 Å². The number of rotatable bonds is 6. The molecule has 1 aliphatic heterocycles. The molecule has 37 heavy (non-hydrogen) atoms. The first kappa shape index (κ1) is 24.4. The van der Waals surface area contributed by atoms with E-state index in [0.29, 0.717) is 19.2 Å². The summed E-state index contributed by atoms with van der Waals surface area (Å²) < 4.78 is 30.6.